The second-order valence-electron chi connectivity index (χ2n) is 3.30. The van der Waals surface area contributed by atoms with Crippen molar-refractivity contribution in [2.45, 2.75) is 12.5 Å². The van der Waals surface area contributed by atoms with E-state index >= 15 is 0 Å². The summed E-state index contributed by atoms with van der Waals surface area (Å²) in [6, 6.07) is 5.60. The summed E-state index contributed by atoms with van der Waals surface area (Å²) in [5, 5.41) is 1.32. The van der Waals surface area contributed by atoms with E-state index in [1.165, 1.54) is 0 Å². The highest BCUT2D eigenvalue weighted by Gasteiger charge is 2.13. The molecular weight excluding hydrogens is 235 g/mol. The van der Waals surface area contributed by atoms with Crippen LogP contribution < -0.4 is 5.48 Å². The van der Waals surface area contributed by atoms with Gasteiger partial charge in [0, 0.05) is 10.0 Å². The summed E-state index contributed by atoms with van der Waals surface area (Å²) in [4.78, 5) is 9.28. The molecule has 0 saturated carbocycles. The predicted molar refractivity (Wildman–Crippen MR) is 61.5 cm³/mol. The number of hydrogen-bond donors (Lipinski definition) is 1. The fraction of sp³-hybridized carbons (Fsp3) is 0.300. The largest absolute Gasteiger partial charge is 0.273 e. The maximum atomic E-state index is 6.06. The fourth-order valence-electron chi connectivity index (χ4n) is 1.41. The number of rotatable bonds is 2. The van der Waals surface area contributed by atoms with Gasteiger partial charge in [-0.15, -0.1) is 0 Å². The molecule has 1 aliphatic rings. The van der Waals surface area contributed by atoms with Crippen LogP contribution in [0.5, 0.6) is 0 Å². The highest BCUT2D eigenvalue weighted by atomic mass is 35.5. The lowest BCUT2D eigenvalue weighted by molar-refractivity contribution is 0.0662. The monoisotopic (exact) mass is 244 g/mol. The Kier molecular flexibility index (Phi) is 3.46. The quantitative estimate of drug-likeness (QED) is 0.868. The van der Waals surface area contributed by atoms with E-state index < -0.39 is 0 Å². The molecule has 3 nitrogen and oxygen atoms in total. The minimum Gasteiger partial charge on any atom is -0.273 e. The van der Waals surface area contributed by atoms with E-state index in [2.05, 4.69) is 10.5 Å². The summed E-state index contributed by atoms with van der Waals surface area (Å²) in [5.74, 6) is 0. The molecule has 1 atom stereocenters. The number of benzene rings is 1. The van der Waals surface area contributed by atoms with Gasteiger partial charge < -0.3 is 0 Å². The first-order valence-corrected chi connectivity index (χ1v) is 5.34. The minimum atomic E-state index is 0.116. The van der Waals surface area contributed by atoms with Crippen LogP contribution in [0.2, 0.25) is 10.0 Å². The van der Waals surface area contributed by atoms with Crippen LogP contribution in [-0.4, -0.2) is 19.0 Å². The first kappa shape index (κ1) is 10.7. The van der Waals surface area contributed by atoms with Crippen LogP contribution in [0, 0.1) is 0 Å². The number of nitrogens with one attached hydrogen (secondary N) is 1. The molecule has 2 rings (SSSR count). The normalized spacial score (nSPS) is 20.0. The lowest BCUT2D eigenvalue weighted by atomic mass is 10.1. The Bertz CT molecular complexity index is 382. The third kappa shape index (κ3) is 2.84. The molecule has 0 spiro atoms. The van der Waals surface area contributed by atoms with E-state index in [0.29, 0.717) is 16.7 Å². The molecule has 0 radical (unpaired) electrons. The maximum Gasteiger partial charge on any atom is 0.107 e. The van der Waals surface area contributed by atoms with Crippen LogP contribution in [0.25, 0.3) is 0 Å². The molecule has 0 amide bonds. The number of hydroxylamine groups is 1. The van der Waals surface area contributed by atoms with Crippen molar-refractivity contribution in [1.29, 1.82) is 0 Å². The number of nitrogens with zero attached hydrogens (tertiary/aromatic N) is 1. The Balaban J connectivity index is 2.09. The van der Waals surface area contributed by atoms with Crippen LogP contribution in [0.4, 0.5) is 0 Å². The van der Waals surface area contributed by atoms with Gasteiger partial charge in [-0.2, -0.15) is 0 Å². The molecule has 1 N–H and O–H groups in total. The average molecular weight is 245 g/mol. The second-order valence-corrected chi connectivity index (χ2v) is 4.14. The van der Waals surface area contributed by atoms with E-state index in [9.17, 15) is 0 Å². The van der Waals surface area contributed by atoms with E-state index in [4.69, 9.17) is 28.0 Å². The average Bonchev–Trinajstić information content (AvgIpc) is 2.24. The summed E-state index contributed by atoms with van der Waals surface area (Å²) >= 11 is 11.9. The first-order chi connectivity index (χ1) is 7.25. The lowest BCUT2D eigenvalue weighted by Gasteiger charge is -2.17. The Hall–Kier alpha value is -0.770. The fourth-order valence-corrected chi connectivity index (χ4v) is 1.90. The van der Waals surface area contributed by atoms with Crippen molar-refractivity contribution < 1.29 is 4.84 Å². The van der Waals surface area contributed by atoms with E-state index in [1.807, 2.05) is 12.1 Å². The van der Waals surface area contributed by atoms with Gasteiger partial charge in [-0.3, -0.25) is 15.3 Å². The lowest BCUT2D eigenvalue weighted by Crippen LogP contribution is -2.29. The summed E-state index contributed by atoms with van der Waals surface area (Å²) in [7, 11) is 0. The molecule has 1 aromatic carbocycles. The molecule has 1 aliphatic heterocycles. The molecule has 80 valence electrons. The zero-order chi connectivity index (χ0) is 10.7. The molecule has 1 heterocycles. The predicted octanol–water partition coefficient (Wildman–Crippen LogP) is 2.47. The summed E-state index contributed by atoms with van der Waals surface area (Å²) in [5.41, 5.74) is 3.61. The molecule has 0 bridgehead atoms. The summed E-state index contributed by atoms with van der Waals surface area (Å²) in [6.45, 7) is 0.551. The Morgan fingerprint density at radius 1 is 1.47 bits per heavy atom. The number of aliphatic imine (C=N–C) groups is 1. The van der Waals surface area contributed by atoms with E-state index in [0.717, 1.165) is 12.0 Å². The van der Waals surface area contributed by atoms with Gasteiger partial charge in [-0.05, 0) is 24.1 Å². The van der Waals surface area contributed by atoms with Gasteiger partial charge in [0.2, 0.25) is 0 Å². The SMILES string of the molecule is Clc1ccc(CC2CONC=N2)c(Cl)c1. The maximum absolute atomic E-state index is 6.06. The van der Waals surface area contributed by atoms with Crippen molar-refractivity contribution in [2.75, 3.05) is 6.61 Å². The van der Waals surface area contributed by atoms with Crippen molar-refractivity contribution in [2.24, 2.45) is 4.99 Å². The molecule has 1 unspecified atom stereocenters. The molecule has 5 heteroatoms. The van der Waals surface area contributed by atoms with Crippen LogP contribution in [0.15, 0.2) is 23.2 Å². The Labute approximate surface area is 98.0 Å². The second kappa shape index (κ2) is 4.84. The number of hydrogen-bond acceptors (Lipinski definition) is 3. The van der Waals surface area contributed by atoms with Crippen LogP contribution in [-0.2, 0) is 11.3 Å². The topological polar surface area (TPSA) is 33.6 Å². The Morgan fingerprint density at radius 2 is 2.33 bits per heavy atom. The van der Waals surface area contributed by atoms with Gasteiger partial charge in [0.15, 0.2) is 0 Å². The first-order valence-electron chi connectivity index (χ1n) is 4.58. The van der Waals surface area contributed by atoms with E-state index in [-0.39, 0.29) is 6.04 Å². The van der Waals surface area contributed by atoms with Crippen LogP contribution >= 0.6 is 23.2 Å². The highest BCUT2D eigenvalue weighted by molar-refractivity contribution is 6.35. The van der Waals surface area contributed by atoms with Gasteiger partial charge >= 0.3 is 0 Å². The molecule has 15 heavy (non-hydrogen) atoms. The third-order valence-corrected chi connectivity index (χ3v) is 2.75. The van der Waals surface area contributed by atoms with Gasteiger partial charge in [0.1, 0.15) is 6.34 Å². The van der Waals surface area contributed by atoms with Gasteiger partial charge in [-0.25, -0.2) is 0 Å². The van der Waals surface area contributed by atoms with Crippen LogP contribution in [0.1, 0.15) is 5.56 Å². The zero-order valence-electron chi connectivity index (χ0n) is 7.91. The molecule has 0 fully saturated rings. The van der Waals surface area contributed by atoms with Crippen molar-refractivity contribution in [3.63, 3.8) is 0 Å². The molecule has 0 saturated heterocycles. The molecular formula is C10H10Cl2N2O. The van der Waals surface area contributed by atoms with Gasteiger partial charge in [0.05, 0.1) is 12.6 Å². The minimum absolute atomic E-state index is 0.116. The Morgan fingerprint density at radius 3 is 3.00 bits per heavy atom. The van der Waals surface area contributed by atoms with Crippen LogP contribution in [0.3, 0.4) is 0 Å². The molecule has 0 aromatic heterocycles. The number of halogens is 2. The van der Waals surface area contributed by atoms with Crippen molar-refractivity contribution in [1.82, 2.24) is 5.48 Å². The molecule has 0 aliphatic carbocycles. The smallest absolute Gasteiger partial charge is 0.107 e. The van der Waals surface area contributed by atoms with Gasteiger partial charge in [0.25, 0.3) is 0 Å². The zero-order valence-corrected chi connectivity index (χ0v) is 9.42. The third-order valence-electron chi connectivity index (χ3n) is 2.17. The summed E-state index contributed by atoms with van der Waals surface area (Å²) in [6.07, 6.45) is 2.31. The van der Waals surface area contributed by atoms with Crippen molar-refractivity contribution in [3.8, 4) is 0 Å². The van der Waals surface area contributed by atoms with Crippen molar-refractivity contribution in [3.05, 3.63) is 33.8 Å². The highest BCUT2D eigenvalue weighted by Crippen LogP contribution is 2.22. The molecule has 1 aromatic rings. The van der Waals surface area contributed by atoms with E-state index in [1.54, 1.807) is 12.4 Å². The van der Waals surface area contributed by atoms with Gasteiger partial charge in [-0.1, -0.05) is 29.3 Å². The summed E-state index contributed by atoms with van der Waals surface area (Å²) < 4.78 is 0. The van der Waals surface area contributed by atoms with Crippen molar-refractivity contribution >= 4 is 29.5 Å². The standard InChI is InChI=1S/C10H10Cl2N2O/c11-8-2-1-7(10(12)4-8)3-9-5-15-14-6-13-9/h1-2,4,6,9H,3,5H2,(H,13,14).